The molecule has 6 nitrogen and oxygen atoms in total. The number of rotatable bonds is 5. The number of ether oxygens (including phenoxy) is 3. The van der Waals surface area contributed by atoms with Gasteiger partial charge in [-0.05, 0) is 25.1 Å². The molecule has 2 aromatic rings. The summed E-state index contributed by atoms with van der Waals surface area (Å²) in [5.41, 5.74) is 2.19. The van der Waals surface area contributed by atoms with Crippen molar-refractivity contribution in [2.45, 2.75) is 6.92 Å². The highest BCUT2D eigenvalue weighted by Gasteiger charge is 2.25. The molecule has 1 aliphatic heterocycles. The Morgan fingerprint density at radius 3 is 2.50 bits per heavy atom. The van der Waals surface area contributed by atoms with E-state index < -0.39 is 5.97 Å². The van der Waals surface area contributed by atoms with E-state index >= 15 is 0 Å². The minimum atomic E-state index is -0.468. The summed E-state index contributed by atoms with van der Waals surface area (Å²) in [6, 6.07) is 16.3. The van der Waals surface area contributed by atoms with Crippen molar-refractivity contribution in [1.82, 2.24) is 0 Å². The average Bonchev–Trinajstić information content (AvgIpc) is 2.71. The third-order valence-corrected chi connectivity index (χ3v) is 4.01. The number of nitrogens with zero attached hydrogens (tertiary/aromatic N) is 2. The van der Waals surface area contributed by atoms with Crippen molar-refractivity contribution in [2.24, 2.45) is 0 Å². The summed E-state index contributed by atoms with van der Waals surface area (Å²) in [6.45, 7) is 5.34. The van der Waals surface area contributed by atoms with Crippen LogP contribution in [0, 0.1) is 22.7 Å². The summed E-state index contributed by atoms with van der Waals surface area (Å²) in [6.07, 6.45) is 0. The summed E-state index contributed by atoms with van der Waals surface area (Å²) in [7, 11) is 0. The third-order valence-electron chi connectivity index (χ3n) is 4.01. The number of para-hydroxylation sites is 1. The molecule has 1 heterocycles. The Morgan fingerprint density at radius 2 is 1.79 bits per heavy atom. The molecule has 0 N–H and O–H groups in total. The predicted molar refractivity (Wildman–Crippen MR) is 101 cm³/mol. The average molecular weight is 372 g/mol. The first kappa shape index (κ1) is 18.8. The predicted octanol–water partition coefficient (Wildman–Crippen LogP) is 4.14. The van der Waals surface area contributed by atoms with Gasteiger partial charge in [-0.2, -0.15) is 10.5 Å². The molecule has 0 saturated heterocycles. The molecular weight excluding hydrogens is 356 g/mol. The van der Waals surface area contributed by atoms with Crippen molar-refractivity contribution in [1.29, 1.82) is 10.5 Å². The van der Waals surface area contributed by atoms with E-state index in [-0.39, 0.29) is 18.8 Å². The summed E-state index contributed by atoms with van der Waals surface area (Å²) in [5.74, 6) is 1.08. The number of hydrogen-bond donors (Lipinski definition) is 0. The highest BCUT2D eigenvalue weighted by atomic mass is 16.6. The van der Waals surface area contributed by atoms with Crippen LogP contribution in [0.4, 0.5) is 0 Å². The second-order valence-corrected chi connectivity index (χ2v) is 5.99. The van der Waals surface area contributed by atoms with Crippen molar-refractivity contribution in [3.63, 3.8) is 0 Å². The van der Waals surface area contributed by atoms with E-state index in [4.69, 9.17) is 14.2 Å². The number of allylic oxidation sites excluding steroid dienone is 1. The first-order valence-electron chi connectivity index (χ1n) is 8.46. The first-order chi connectivity index (χ1) is 13.5. The number of esters is 1. The molecule has 2 aromatic carbocycles. The molecular formula is C22H16N2O4. The minimum absolute atomic E-state index is 0.0115. The normalized spacial score (nSPS) is 11.0. The quantitative estimate of drug-likeness (QED) is 0.289. The summed E-state index contributed by atoms with van der Waals surface area (Å²) in [4.78, 5) is 11.4. The zero-order valence-corrected chi connectivity index (χ0v) is 15.2. The monoisotopic (exact) mass is 372 g/mol. The Balaban J connectivity index is 1.86. The van der Waals surface area contributed by atoms with Crippen LogP contribution in [-0.4, -0.2) is 19.2 Å². The van der Waals surface area contributed by atoms with E-state index in [1.165, 1.54) is 0 Å². The van der Waals surface area contributed by atoms with Gasteiger partial charge < -0.3 is 14.2 Å². The van der Waals surface area contributed by atoms with Crippen molar-refractivity contribution in [3.05, 3.63) is 71.3 Å². The molecule has 0 aromatic heterocycles. The topological polar surface area (TPSA) is 92.3 Å². The maximum atomic E-state index is 11.4. The first-order valence-corrected chi connectivity index (χ1v) is 8.46. The van der Waals surface area contributed by atoms with Gasteiger partial charge in [-0.1, -0.05) is 24.8 Å². The SMILES string of the molecule is C=C(C)C(=O)OCCOc1ccc2c(c1)Oc1ccccc1C2=C(C#N)C#N. The minimum Gasteiger partial charge on any atom is -0.490 e. The molecule has 6 heteroatoms. The summed E-state index contributed by atoms with van der Waals surface area (Å²) in [5, 5.41) is 18.7. The van der Waals surface area contributed by atoms with Gasteiger partial charge in [-0.25, -0.2) is 4.79 Å². The van der Waals surface area contributed by atoms with Crippen LogP contribution in [0.2, 0.25) is 0 Å². The van der Waals surface area contributed by atoms with Crippen LogP contribution in [0.1, 0.15) is 18.1 Å². The van der Waals surface area contributed by atoms with Gasteiger partial charge >= 0.3 is 5.97 Å². The lowest BCUT2D eigenvalue weighted by Crippen LogP contribution is -2.12. The molecule has 0 aliphatic carbocycles. The van der Waals surface area contributed by atoms with Crippen LogP contribution in [-0.2, 0) is 9.53 Å². The largest absolute Gasteiger partial charge is 0.490 e. The van der Waals surface area contributed by atoms with Crippen LogP contribution in [0.25, 0.3) is 5.57 Å². The Bertz CT molecular complexity index is 1050. The fourth-order valence-electron chi connectivity index (χ4n) is 2.73. The van der Waals surface area contributed by atoms with Crippen LogP contribution in [0.3, 0.4) is 0 Å². The van der Waals surface area contributed by atoms with Crippen LogP contribution in [0.15, 0.2) is 60.2 Å². The smallest absolute Gasteiger partial charge is 0.333 e. The molecule has 0 saturated carbocycles. The van der Waals surface area contributed by atoms with Gasteiger partial charge in [-0.3, -0.25) is 0 Å². The lowest BCUT2D eigenvalue weighted by atomic mass is 9.90. The number of benzene rings is 2. The molecule has 0 spiro atoms. The van der Waals surface area contributed by atoms with Crippen LogP contribution in [0.5, 0.6) is 17.2 Å². The maximum absolute atomic E-state index is 11.4. The highest BCUT2D eigenvalue weighted by Crippen LogP contribution is 2.45. The zero-order chi connectivity index (χ0) is 20.1. The van der Waals surface area contributed by atoms with E-state index in [2.05, 4.69) is 6.58 Å². The Labute approximate surface area is 162 Å². The van der Waals surface area contributed by atoms with E-state index in [0.717, 1.165) is 0 Å². The number of hydrogen-bond acceptors (Lipinski definition) is 6. The van der Waals surface area contributed by atoms with Crippen molar-refractivity contribution < 1.29 is 19.0 Å². The van der Waals surface area contributed by atoms with Crippen LogP contribution < -0.4 is 9.47 Å². The van der Waals surface area contributed by atoms with Gasteiger partial charge in [-0.15, -0.1) is 0 Å². The molecule has 28 heavy (non-hydrogen) atoms. The maximum Gasteiger partial charge on any atom is 0.333 e. The van der Waals surface area contributed by atoms with Crippen molar-refractivity contribution in [2.75, 3.05) is 13.2 Å². The molecule has 138 valence electrons. The van der Waals surface area contributed by atoms with Crippen molar-refractivity contribution in [3.8, 4) is 29.4 Å². The molecule has 0 radical (unpaired) electrons. The Hall–Kier alpha value is -4.03. The Morgan fingerprint density at radius 1 is 1.07 bits per heavy atom. The van der Waals surface area contributed by atoms with E-state index in [9.17, 15) is 15.3 Å². The lowest BCUT2D eigenvalue weighted by Gasteiger charge is -2.23. The molecule has 0 bridgehead atoms. The number of carbonyl (C=O) groups is 1. The van der Waals surface area contributed by atoms with Crippen molar-refractivity contribution >= 4 is 11.5 Å². The van der Waals surface area contributed by atoms with Crippen LogP contribution >= 0.6 is 0 Å². The van der Waals surface area contributed by atoms with E-state index in [1.807, 2.05) is 30.3 Å². The number of carbonyl (C=O) groups excluding carboxylic acids is 1. The van der Waals surface area contributed by atoms with Gasteiger partial charge in [0.1, 0.15) is 48.2 Å². The molecule has 0 amide bonds. The standard InChI is InChI=1S/C22H16N2O4/c1-14(2)22(25)27-10-9-26-16-7-8-18-20(11-16)28-19-6-4-3-5-17(19)21(18)15(12-23)13-24/h3-8,11H,1,9-10H2,2H3. The third kappa shape index (κ3) is 3.72. The second-order valence-electron chi connectivity index (χ2n) is 5.99. The van der Waals surface area contributed by atoms with E-state index in [0.29, 0.717) is 39.5 Å². The molecule has 0 atom stereocenters. The molecule has 3 rings (SSSR count). The van der Waals surface area contributed by atoms with E-state index in [1.54, 1.807) is 31.2 Å². The summed E-state index contributed by atoms with van der Waals surface area (Å²) >= 11 is 0. The fourth-order valence-corrected chi connectivity index (χ4v) is 2.73. The zero-order valence-electron chi connectivity index (χ0n) is 15.2. The number of nitriles is 2. The molecule has 0 fully saturated rings. The van der Waals surface area contributed by atoms with Gasteiger partial charge in [0.05, 0.1) is 0 Å². The Kier molecular flexibility index (Phi) is 5.43. The highest BCUT2D eigenvalue weighted by molar-refractivity contribution is 5.93. The number of fused-ring (bicyclic) bond motifs is 2. The van der Waals surface area contributed by atoms with Gasteiger partial charge in [0.2, 0.25) is 0 Å². The molecule has 1 aliphatic rings. The summed E-state index contributed by atoms with van der Waals surface area (Å²) < 4.78 is 16.5. The molecule has 0 unspecified atom stereocenters. The van der Waals surface area contributed by atoms with Gasteiger partial charge in [0.15, 0.2) is 0 Å². The lowest BCUT2D eigenvalue weighted by molar-refractivity contribution is -0.139. The second kappa shape index (κ2) is 8.11. The van der Waals surface area contributed by atoms with Gasteiger partial charge in [0.25, 0.3) is 0 Å². The van der Waals surface area contributed by atoms with Gasteiger partial charge in [0, 0.05) is 28.3 Å². The fraction of sp³-hybridized carbons (Fsp3) is 0.136.